The van der Waals surface area contributed by atoms with Crippen molar-refractivity contribution in [3.8, 4) is 0 Å². The Morgan fingerprint density at radius 2 is 2.32 bits per heavy atom. The number of aromatic nitrogens is 1. The largest absolute Gasteiger partial charge is 0.465 e. The molecule has 1 aliphatic heterocycles. The number of carbonyl (C=O) groups excluding carboxylic acids is 1. The summed E-state index contributed by atoms with van der Waals surface area (Å²) in [7, 11) is 1.41. The highest BCUT2D eigenvalue weighted by Gasteiger charge is 2.30. The molecule has 104 valence electrons. The lowest BCUT2D eigenvalue weighted by Gasteiger charge is -2.27. The number of likely N-dealkylation sites (tertiary alicyclic amines) is 1. The van der Waals surface area contributed by atoms with E-state index in [0.717, 1.165) is 18.7 Å². The van der Waals surface area contributed by atoms with Gasteiger partial charge in [-0.25, -0.2) is 4.79 Å². The number of rotatable bonds is 4. The van der Waals surface area contributed by atoms with Gasteiger partial charge in [-0.1, -0.05) is 6.92 Å². The average Bonchev–Trinajstić information content (AvgIpc) is 2.79. The molecule has 1 aromatic heterocycles. The van der Waals surface area contributed by atoms with Gasteiger partial charge in [-0.05, 0) is 38.3 Å². The number of nitrogens with zero attached hydrogens (tertiary/aromatic N) is 2. The summed E-state index contributed by atoms with van der Waals surface area (Å²) in [4.78, 5) is 18.6. The summed E-state index contributed by atoms with van der Waals surface area (Å²) in [6, 6.07) is 4.72. The second kappa shape index (κ2) is 6.15. The SMILES string of the molecule is CCC1CCC(C)N1Cc1ncccc1C(=O)OC. The highest BCUT2D eigenvalue weighted by atomic mass is 16.5. The van der Waals surface area contributed by atoms with Crippen LogP contribution in [0.3, 0.4) is 0 Å². The maximum Gasteiger partial charge on any atom is 0.339 e. The molecule has 2 rings (SSSR count). The normalized spacial score (nSPS) is 23.5. The number of pyridine rings is 1. The molecule has 1 saturated heterocycles. The molecule has 0 radical (unpaired) electrons. The summed E-state index contributed by atoms with van der Waals surface area (Å²) in [5.74, 6) is -0.303. The molecule has 0 aromatic carbocycles. The third-order valence-corrected chi connectivity index (χ3v) is 4.05. The minimum Gasteiger partial charge on any atom is -0.465 e. The zero-order valence-corrected chi connectivity index (χ0v) is 11.9. The summed E-state index contributed by atoms with van der Waals surface area (Å²) >= 11 is 0. The van der Waals surface area contributed by atoms with Crippen LogP contribution in [-0.4, -0.2) is 35.0 Å². The van der Waals surface area contributed by atoms with Crippen molar-refractivity contribution < 1.29 is 9.53 Å². The average molecular weight is 262 g/mol. The van der Waals surface area contributed by atoms with Gasteiger partial charge < -0.3 is 4.74 Å². The van der Waals surface area contributed by atoms with Gasteiger partial charge in [0.15, 0.2) is 0 Å². The van der Waals surface area contributed by atoms with Crippen molar-refractivity contribution in [1.29, 1.82) is 0 Å². The molecule has 0 N–H and O–H groups in total. The molecular weight excluding hydrogens is 240 g/mol. The van der Waals surface area contributed by atoms with Gasteiger partial charge in [0.05, 0.1) is 18.4 Å². The standard InChI is InChI=1S/C15H22N2O2/c1-4-12-8-7-11(2)17(12)10-14-13(15(18)19-3)6-5-9-16-14/h5-6,9,11-12H,4,7-8,10H2,1-3H3. The number of hydrogen-bond acceptors (Lipinski definition) is 4. The second-order valence-corrected chi connectivity index (χ2v) is 5.15. The van der Waals surface area contributed by atoms with E-state index in [4.69, 9.17) is 4.74 Å². The van der Waals surface area contributed by atoms with E-state index in [9.17, 15) is 4.79 Å². The smallest absolute Gasteiger partial charge is 0.339 e. The Morgan fingerprint density at radius 3 is 3.00 bits per heavy atom. The lowest BCUT2D eigenvalue weighted by molar-refractivity contribution is 0.0596. The van der Waals surface area contributed by atoms with E-state index in [1.165, 1.54) is 20.0 Å². The molecule has 0 amide bonds. The fourth-order valence-corrected chi connectivity index (χ4v) is 2.88. The molecule has 2 unspecified atom stereocenters. The first-order valence-corrected chi connectivity index (χ1v) is 6.95. The van der Waals surface area contributed by atoms with Crippen LogP contribution in [-0.2, 0) is 11.3 Å². The molecule has 0 bridgehead atoms. The summed E-state index contributed by atoms with van der Waals surface area (Å²) < 4.78 is 4.82. The minimum absolute atomic E-state index is 0.303. The monoisotopic (exact) mass is 262 g/mol. The van der Waals surface area contributed by atoms with Gasteiger partial charge in [-0.3, -0.25) is 9.88 Å². The van der Waals surface area contributed by atoms with Crippen LogP contribution in [0.1, 0.15) is 49.2 Å². The van der Waals surface area contributed by atoms with Gasteiger partial charge >= 0.3 is 5.97 Å². The quantitative estimate of drug-likeness (QED) is 0.782. The lowest BCUT2D eigenvalue weighted by atomic mass is 10.1. The number of hydrogen-bond donors (Lipinski definition) is 0. The van der Waals surface area contributed by atoms with Crippen LogP contribution in [0, 0.1) is 0 Å². The number of ether oxygens (including phenoxy) is 1. The summed E-state index contributed by atoms with van der Waals surface area (Å²) in [5, 5.41) is 0. The fraction of sp³-hybridized carbons (Fsp3) is 0.600. The molecule has 4 nitrogen and oxygen atoms in total. The number of methoxy groups -OCH3 is 1. The Morgan fingerprint density at radius 1 is 1.53 bits per heavy atom. The maximum atomic E-state index is 11.8. The van der Waals surface area contributed by atoms with Gasteiger partial charge in [0.25, 0.3) is 0 Å². The maximum absolute atomic E-state index is 11.8. The zero-order valence-electron chi connectivity index (χ0n) is 11.9. The molecule has 1 fully saturated rings. The minimum atomic E-state index is -0.303. The van der Waals surface area contributed by atoms with Crippen molar-refractivity contribution in [2.75, 3.05) is 7.11 Å². The van der Waals surface area contributed by atoms with Crippen molar-refractivity contribution in [2.24, 2.45) is 0 Å². The molecule has 1 aromatic rings. The third kappa shape index (κ3) is 2.95. The van der Waals surface area contributed by atoms with E-state index in [2.05, 4.69) is 23.7 Å². The van der Waals surface area contributed by atoms with E-state index in [1.54, 1.807) is 18.3 Å². The molecule has 2 atom stereocenters. The number of esters is 1. The van der Waals surface area contributed by atoms with Gasteiger partial charge in [0.1, 0.15) is 0 Å². The van der Waals surface area contributed by atoms with Crippen molar-refractivity contribution >= 4 is 5.97 Å². The van der Waals surface area contributed by atoms with Gasteiger partial charge in [-0.2, -0.15) is 0 Å². The highest BCUT2D eigenvalue weighted by Crippen LogP contribution is 2.28. The van der Waals surface area contributed by atoms with Crippen LogP contribution in [0.15, 0.2) is 18.3 Å². The lowest BCUT2D eigenvalue weighted by Crippen LogP contribution is -2.34. The Hall–Kier alpha value is -1.42. The van der Waals surface area contributed by atoms with Crippen LogP contribution < -0.4 is 0 Å². The summed E-state index contributed by atoms with van der Waals surface area (Å²) in [5.41, 5.74) is 1.40. The fourth-order valence-electron chi connectivity index (χ4n) is 2.88. The van der Waals surface area contributed by atoms with Crippen LogP contribution >= 0.6 is 0 Å². The third-order valence-electron chi connectivity index (χ3n) is 4.05. The van der Waals surface area contributed by atoms with E-state index >= 15 is 0 Å². The Labute approximate surface area is 114 Å². The van der Waals surface area contributed by atoms with Crippen molar-refractivity contribution in [3.63, 3.8) is 0 Å². The van der Waals surface area contributed by atoms with Crippen molar-refractivity contribution in [2.45, 2.75) is 51.7 Å². The molecule has 2 heterocycles. The molecule has 0 saturated carbocycles. The highest BCUT2D eigenvalue weighted by molar-refractivity contribution is 5.90. The Bertz CT molecular complexity index is 448. The van der Waals surface area contributed by atoms with Crippen molar-refractivity contribution in [3.05, 3.63) is 29.6 Å². The predicted octanol–water partition coefficient (Wildman–Crippen LogP) is 2.63. The van der Waals surface area contributed by atoms with E-state index in [-0.39, 0.29) is 5.97 Å². The van der Waals surface area contributed by atoms with Crippen molar-refractivity contribution in [1.82, 2.24) is 9.88 Å². The molecule has 4 heteroatoms. The molecule has 0 aliphatic carbocycles. The summed E-state index contributed by atoms with van der Waals surface area (Å²) in [6.07, 6.45) is 5.34. The van der Waals surface area contributed by atoms with Gasteiger partial charge in [-0.15, -0.1) is 0 Å². The van der Waals surface area contributed by atoms with E-state index < -0.39 is 0 Å². The van der Waals surface area contributed by atoms with Crippen LogP contribution in [0.4, 0.5) is 0 Å². The second-order valence-electron chi connectivity index (χ2n) is 5.15. The van der Waals surface area contributed by atoms with E-state index in [1.807, 2.05) is 0 Å². The topological polar surface area (TPSA) is 42.4 Å². The zero-order chi connectivity index (χ0) is 13.8. The van der Waals surface area contributed by atoms with Gasteiger partial charge in [0.2, 0.25) is 0 Å². The van der Waals surface area contributed by atoms with Crippen LogP contribution in [0.5, 0.6) is 0 Å². The van der Waals surface area contributed by atoms with Gasteiger partial charge in [0, 0.05) is 24.8 Å². The molecular formula is C15H22N2O2. The predicted molar refractivity (Wildman–Crippen MR) is 73.9 cm³/mol. The van der Waals surface area contributed by atoms with E-state index in [0.29, 0.717) is 17.6 Å². The first kappa shape index (κ1) is 14.0. The Balaban J connectivity index is 2.21. The first-order valence-electron chi connectivity index (χ1n) is 6.95. The van der Waals surface area contributed by atoms with Crippen LogP contribution in [0.25, 0.3) is 0 Å². The molecule has 19 heavy (non-hydrogen) atoms. The number of carbonyl (C=O) groups is 1. The first-order chi connectivity index (χ1) is 9.17. The molecule has 1 aliphatic rings. The van der Waals surface area contributed by atoms with Crippen LogP contribution in [0.2, 0.25) is 0 Å². The summed E-state index contributed by atoms with van der Waals surface area (Å²) in [6.45, 7) is 5.19. The Kier molecular flexibility index (Phi) is 4.53. The molecule has 0 spiro atoms.